The number of ether oxygens (including phenoxy) is 9. The van der Waals surface area contributed by atoms with E-state index in [1.807, 2.05) is 0 Å². The molecule has 3 aliphatic heterocycles. The first kappa shape index (κ1) is 49.8. The third-order valence-corrected chi connectivity index (χ3v) is 10.8. The standard InChI is InChI=1S/C44H52O22/c1-20-34(53)36(55)37(56)43(62-20)66-40-38(57)42(59-14-13-23-4-9-25(46)28(49)16-23)63-31(39(40)64-32(51)11-6-21-3-8-24(45)27(48)15-21)19-61-44-41(35(54)29(50)18-60-44)65-33(52)12-7-22-5-10-26(47)30(17-22)58-2/h3-12,15-17,20,29,31,34-50,53-57H,13-14,18-19H2,1-2H3/t20-,29-,31+,34-,35-,36+,37+,38+,39+,40+,41+,42+,43-,44-/m0/s1. The molecule has 0 aliphatic carbocycles. The summed E-state index contributed by atoms with van der Waals surface area (Å²) in [7, 11) is 1.34. The van der Waals surface area contributed by atoms with Crippen molar-refractivity contribution in [1.82, 2.24) is 0 Å². The lowest BCUT2D eigenvalue weighted by atomic mass is 9.96. The molecule has 360 valence electrons. The predicted octanol–water partition coefficient (Wildman–Crippen LogP) is -0.574. The third-order valence-electron chi connectivity index (χ3n) is 10.8. The molecule has 0 bridgehead atoms. The van der Waals surface area contributed by atoms with Crippen LogP contribution in [0.2, 0.25) is 0 Å². The number of aliphatic hydroxyl groups is 6. The van der Waals surface area contributed by atoms with Gasteiger partial charge in [0, 0.05) is 12.2 Å². The molecule has 6 rings (SSSR count). The maximum absolute atomic E-state index is 13.5. The number of hydrogen-bond donors (Lipinski definition) is 11. The Bertz CT molecular complexity index is 2180. The fraction of sp³-hybridized carbons (Fsp3) is 0.455. The molecule has 3 heterocycles. The molecule has 14 atom stereocenters. The Morgan fingerprint density at radius 3 is 1.91 bits per heavy atom. The number of carbonyl (C=O) groups is 2. The zero-order chi connectivity index (χ0) is 47.8. The van der Waals surface area contributed by atoms with Crippen molar-refractivity contribution in [3.05, 3.63) is 83.4 Å². The van der Waals surface area contributed by atoms with E-state index in [1.54, 1.807) is 0 Å². The van der Waals surface area contributed by atoms with Gasteiger partial charge in [-0.3, -0.25) is 0 Å². The maximum Gasteiger partial charge on any atom is 0.331 e. The molecule has 3 aliphatic rings. The second-order valence-corrected chi connectivity index (χ2v) is 15.5. The van der Waals surface area contributed by atoms with E-state index in [4.69, 9.17) is 42.6 Å². The van der Waals surface area contributed by atoms with Crippen molar-refractivity contribution in [3.8, 4) is 34.5 Å². The van der Waals surface area contributed by atoms with Gasteiger partial charge in [-0.1, -0.05) is 18.2 Å². The number of aliphatic hydroxyl groups excluding tert-OH is 6. The van der Waals surface area contributed by atoms with Crippen molar-refractivity contribution in [2.75, 3.05) is 26.9 Å². The number of phenols is 5. The Morgan fingerprint density at radius 2 is 1.26 bits per heavy atom. The molecule has 0 amide bonds. The number of benzene rings is 3. The van der Waals surface area contributed by atoms with Crippen LogP contribution in [-0.4, -0.2) is 181 Å². The lowest BCUT2D eigenvalue weighted by Crippen LogP contribution is -2.65. The van der Waals surface area contributed by atoms with Gasteiger partial charge in [0.15, 0.2) is 65.6 Å². The van der Waals surface area contributed by atoms with Crippen molar-refractivity contribution in [2.45, 2.75) is 99.4 Å². The summed E-state index contributed by atoms with van der Waals surface area (Å²) >= 11 is 0. The normalized spacial score (nSPS) is 31.5. The van der Waals surface area contributed by atoms with Crippen molar-refractivity contribution in [2.24, 2.45) is 0 Å². The Balaban J connectivity index is 1.28. The van der Waals surface area contributed by atoms with E-state index in [1.165, 1.54) is 74.7 Å². The summed E-state index contributed by atoms with van der Waals surface area (Å²) in [5.41, 5.74) is 1.17. The van der Waals surface area contributed by atoms with Gasteiger partial charge in [0.1, 0.15) is 48.8 Å². The number of esters is 2. The minimum absolute atomic E-state index is 0.0904. The monoisotopic (exact) mass is 932 g/mol. The number of carbonyl (C=O) groups excluding carboxylic acids is 2. The van der Waals surface area contributed by atoms with Crippen LogP contribution >= 0.6 is 0 Å². The average molecular weight is 933 g/mol. The van der Waals surface area contributed by atoms with E-state index in [0.717, 1.165) is 18.2 Å². The van der Waals surface area contributed by atoms with Crippen LogP contribution in [0.15, 0.2) is 66.7 Å². The summed E-state index contributed by atoms with van der Waals surface area (Å²) in [6, 6.07) is 12.0. The topological polar surface area (TPSA) is 340 Å². The lowest BCUT2D eigenvalue weighted by molar-refractivity contribution is -0.362. The molecule has 3 saturated heterocycles. The largest absolute Gasteiger partial charge is 0.504 e. The minimum Gasteiger partial charge on any atom is -0.504 e. The van der Waals surface area contributed by atoms with Gasteiger partial charge in [-0.2, -0.15) is 0 Å². The second kappa shape index (κ2) is 22.3. The molecule has 0 aromatic heterocycles. The summed E-state index contributed by atoms with van der Waals surface area (Å²) in [5, 5.41) is 114. The van der Waals surface area contributed by atoms with E-state index >= 15 is 0 Å². The molecular formula is C44H52O22. The first-order chi connectivity index (χ1) is 31.4. The van der Waals surface area contributed by atoms with Gasteiger partial charge in [0.2, 0.25) is 0 Å². The predicted molar refractivity (Wildman–Crippen MR) is 221 cm³/mol. The van der Waals surface area contributed by atoms with Gasteiger partial charge < -0.3 is 98.8 Å². The number of rotatable bonds is 16. The minimum atomic E-state index is -1.91. The van der Waals surface area contributed by atoms with Crippen LogP contribution in [0.5, 0.6) is 34.5 Å². The van der Waals surface area contributed by atoms with Crippen molar-refractivity contribution in [1.29, 1.82) is 0 Å². The molecule has 11 N–H and O–H groups in total. The molecule has 3 fully saturated rings. The van der Waals surface area contributed by atoms with Crippen LogP contribution in [-0.2, 0) is 53.9 Å². The summed E-state index contributed by atoms with van der Waals surface area (Å²) in [4.78, 5) is 26.6. The first-order valence-electron chi connectivity index (χ1n) is 20.5. The van der Waals surface area contributed by atoms with E-state index in [2.05, 4.69) is 0 Å². The van der Waals surface area contributed by atoms with Gasteiger partial charge >= 0.3 is 11.9 Å². The number of phenolic OH excluding ortho intramolecular Hbond substituents is 5. The van der Waals surface area contributed by atoms with Crippen LogP contribution in [0.25, 0.3) is 12.2 Å². The molecule has 3 aromatic carbocycles. The fourth-order valence-electron chi connectivity index (χ4n) is 7.10. The number of methoxy groups -OCH3 is 1. The van der Waals surface area contributed by atoms with E-state index < -0.39 is 128 Å². The molecule has 3 aromatic rings. The SMILES string of the molecule is COc1cc(C=CC(=O)O[C@H]2[C@H](OC[C@H]3O[C@@H](OCCc4ccc(O)c(O)c4)[C@H](O)[C@@H](O[C@@H]4O[C@@H](C)[C@H](O)[C@@H](O)[C@H]4O)[C@@H]3OC(=O)C=Cc3ccc(O)c(O)c3)OC[C@H](O)[C@@H]2O)ccc1O. The van der Waals surface area contributed by atoms with Crippen LogP contribution in [0.3, 0.4) is 0 Å². The van der Waals surface area contributed by atoms with E-state index in [0.29, 0.717) is 11.1 Å². The lowest BCUT2D eigenvalue weighted by Gasteiger charge is -2.47. The smallest absolute Gasteiger partial charge is 0.331 e. The highest BCUT2D eigenvalue weighted by Gasteiger charge is 2.53. The Morgan fingerprint density at radius 1 is 0.636 bits per heavy atom. The molecular weight excluding hydrogens is 880 g/mol. The molecule has 0 radical (unpaired) electrons. The van der Waals surface area contributed by atoms with Crippen LogP contribution in [0, 0.1) is 0 Å². The van der Waals surface area contributed by atoms with Crippen LogP contribution in [0.4, 0.5) is 0 Å². The number of hydrogen-bond acceptors (Lipinski definition) is 22. The van der Waals surface area contributed by atoms with E-state index in [-0.39, 0.29) is 35.8 Å². The molecule has 22 nitrogen and oxygen atoms in total. The quantitative estimate of drug-likeness (QED) is 0.0486. The van der Waals surface area contributed by atoms with Crippen molar-refractivity contribution < 1.29 is 108 Å². The Kier molecular flexibility index (Phi) is 16.8. The van der Waals surface area contributed by atoms with Crippen molar-refractivity contribution in [3.63, 3.8) is 0 Å². The molecule has 22 heteroatoms. The zero-order valence-corrected chi connectivity index (χ0v) is 35.3. The molecule has 0 unspecified atom stereocenters. The Labute approximate surface area is 376 Å². The van der Waals surface area contributed by atoms with Gasteiger partial charge in [0.05, 0.1) is 33.0 Å². The highest BCUT2D eigenvalue weighted by molar-refractivity contribution is 5.88. The third kappa shape index (κ3) is 12.2. The van der Waals surface area contributed by atoms with Gasteiger partial charge in [0.25, 0.3) is 0 Å². The highest BCUT2D eigenvalue weighted by Crippen LogP contribution is 2.34. The summed E-state index contributed by atoms with van der Waals surface area (Å²) < 4.78 is 51.7. The summed E-state index contributed by atoms with van der Waals surface area (Å²) in [6.45, 7) is -0.0243. The van der Waals surface area contributed by atoms with Gasteiger partial charge in [-0.25, -0.2) is 9.59 Å². The van der Waals surface area contributed by atoms with Gasteiger partial charge in [-0.05, 0) is 78.6 Å². The van der Waals surface area contributed by atoms with Gasteiger partial charge in [-0.15, -0.1) is 0 Å². The van der Waals surface area contributed by atoms with Crippen LogP contribution < -0.4 is 4.74 Å². The summed E-state index contributed by atoms with van der Waals surface area (Å²) in [6.07, 6.45) is -18.8. The van der Waals surface area contributed by atoms with E-state index in [9.17, 15) is 65.8 Å². The average Bonchev–Trinajstić information content (AvgIpc) is 3.29. The molecule has 0 saturated carbocycles. The zero-order valence-electron chi connectivity index (χ0n) is 35.3. The van der Waals surface area contributed by atoms with Crippen molar-refractivity contribution >= 4 is 24.1 Å². The molecule has 0 spiro atoms. The molecule has 66 heavy (non-hydrogen) atoms. The highest BCUT2D eigenvalue weighted by atomic mass is 16.8. The van der Waals surface area contributed by atoms with Crippen LogP contribution in [0.1, 0.15) is 23.6 Å². The first-order valence-corrected chi connectivity index (χ1v) is 20.5. The Hall–Kier alpha value is -5.60. The second-order valence-electron chi connectivity index (χ2n) is 15.5. The maximum atomic E-state index is 13.5. The summed E-state index contributed by atoms with van der Waals surface area (Å²) in [5.74, 6) is -3.81. The fourth-order valence-corrected chi connectivity index (χ4v) is 7.10. The number of aromatic hydroxyl groups is 5.